The minimum atomic E-state index is 0.423. The summed E-state index contributed by atoms with van der Waals surface area (Å²) < 4.78 is 0. The van der Waals surface area contributed by atoms with Gasteiger partial charge in [0.15, 0.2) is 0 Å². The number of allylic oxidation sites excluding steroid dienone is 2. The van der Waals surface area contributed by atoms with Crippen LogP contribution in [0.3, 0.4) is 0 Å². The predicted molar refractivity (Wildman–Crippen MR) is 234 cm³/mol. The highest BCUT2D eigenvalue weighted by molar-refractivity contribution is 5.93. The molecule has 4 aromatic rings. The maximum Gasteiger partial charge on any atom is -0.00954 e. The molecule has 3 unspecified atom stereocenters. The Hall–Kier alpha value is -3.12. The molecule has 1 fully saturated rings. The second-order valence-corrected chi connectivity index (χ2v) is 16.5. The van der Waals surface area contributed by atoms with Crippen LogP contribution in [0.15, 0.2) is 72.8 Å². The summed E-state index contributed by atoms with van der Waals surface area (Å²) in [5.74, 6) is 4.96. The summed E-state index contributed by atoms with van der Waals surface area (Å²) in [6, 6.07) is 25.9. The molecule has 0 heterocycles. The van der Waals surface area contributed by atoms with Crippen molar-refractivity contribution in [1.29, 1.82) is 0 Å². The Kier molecular flexibility index (Phi) is 15.4. The van der Waals surface area contributed by atoms with Crippen molar-refractivity contribution in [3.05, 3.63) is 112 Å². The fourth-order valence-corrected chi connectivity index (χ4v) is 10.3. The molecule has 6 atom stereocenters. The van der Waals surface area contributed by atoms with Gasteiger partial charge >= 0.3 is 0 Å². The zero-order valence-electron chi connectivity index (χ0n) is 35.6. The molecule has 4 aromatic carbocycles. The van der Waals surface area contributed by atoms with Crippen molar-refractivity contribution in [2.75, 3.05) is 0 Å². The van der Waals surface area contributed by atoms with E-state index in [1.807, 2.05) is 27.7 Å². The SMILES string of the molecule is C/C=C(\c1cc(C)c2c(C)c3c(cc2c1)CC(C(C)C)CC3)C(C)[C@H](CCC1[C@H](C)CCC[C@@H]1C)c1ccc(-c2ccccc2)c(C)c1.CC.CC. The molecule has 0 spiro atoms. The van der Waals surface area contributed by atoms with Crippen molar-refractivity contribution in [3.8, 4) is 11.1 Å². The minimum absolute atomic E-state index is 0.423. The van der Waals surface area contributed by atoms with E-state index in [9.17, 15) is 0 Å². The van der Waals surface area contributed by atoms with Crippen LogP contribution in [0, 0.1) is 56.3 Å². The summed E-state index contributed by atoms with van der Waals surface area (Å²) in [5, 5.41) is 2.94. The second-order valence-electron chi connectivity index (χ2n) is 16.5. The van der Waals surface area contributed by atoms with Gasteiger partial charge in [-0.15, -0.1) is 0 Å². The van der Waals surface area contributed by atoms with E-state index in [0.29, 0.717) is 11.8 Å². The highest BCUT2D eigenvalue weighted by Crippen LogP contribution is 2.45. The molecule has 52 heavy (non-hydrogen) atoms. The molecule has 0 amide bonds. The summed E-state index contributed by atoms with van der Waals surface area (Å²) in [7, 11) is 0. The highest BCUT2D eigenvalue weighted by atomic mass is 14.4. The average Bonchev–Trinajstić information content (AvgIpc) is 3.14. The molecule has 2 aliphatic rings. The Morgan fingerprint density at radius 2 is 1.46 bits per heavy atom. The molecule has 0 N–H and O–H groups in total. The van der Waals surface area contributed by atoms with Gasteiger partial charge in [0.1, 0.15) is 0 Å². The quantitative estimate of drug-likeness (QED) is 0.163. The lowest BCUT2D eigenvalue weighted by molar-refractivity contribution is 0.160. The van der Waals surface area contributed by atoms with Gasteiger partial charge in [-0.05, 0) is 174 Å². The topological polar surface area (TPSA) is 0 Å². The Bertz CT molecular complexity index is 1740. The lowest BCUT2D eigenvalue weighted by Gasteiger charge is -2.37. The highest BCUT2D eigenvalue weighted by Gasteiger charge is 2.31. The van der Waals surface area contributed by atoms with Crippen molar-refractivity contribution >= 4 is 16.3 Å². The molecule has 0 radical (unpaired) electrons. The summed E-state index contributed by atoms with van der Waals surface area (Å²) in [4.78, 5) is 0. The molecule has 1 saturated carbocycles. The zero-order chi connectivity index (χ0) is 38.1. The Labute approximate surface area is 320 Å². The lowest BCUT2D eigenvalue weighted by Crippen LogP contribution is -2.26. The number of aryl methyl sites for hydroxylation is 3. The molecule has 282 valence electrons. The summed E-state index contributed by atoms with van der Waals surface area (Å²) in [5.41, 5.74) is 14.7. The van der Waals surface area contributed by atoms with E-state index in [1.165, 1.54) is 107 Å². The first-order valence-corrected chi connectivity index (χ1v) is 21.5. The van der Waals surface area contributed by atoms with Crippen LogP contribution >= 0.6 is 0 Å². The van der Waals surface area contributed by atoms with Crippen LogP contribution in [-0.4, -0.2) is 0 Å². The third-order valence-electron chi connectivity index (χ3n) is 13.2. The van der Waals surface area contributed by atoms with Crippen molar-refractivity contribution in [1.82, 2.24) is 0 Å². The molecule has 0 heteroatoms. The van der Waals surface area contributed by atoms with E-state index in [2.05, 4.69) is 135 Å². The molecule has 0 bridgehead atoms. The maximum atomic E-state index is 2.58. The van der Waals surface area contributed by atoms with E-state index >= 15 is 0 Å². The Morgan fingerprint density at radius 1 is 0.788 bits per heavy atom. The molecule has 0 nitrogen and oxygen atoms in total. The van der Waals surface area contributed by atoms with Crippen LogP contribution in [0.5, 0.6) is 0 Å². The fraction of sp³-hybridized carbons (Fsp3) is 0.538. The molecule has 2 aliphatic carbocycles. The Balaban J connectivity index is 0.00000146. The van der Waals surface area contributed by atoms with Gasteiger partial charge in [-0.25, -0.2) is 0 Å². The summed E-state index contributed by atoms with van der Waals surface area (Å²) >= 11 is 0. The summed E-state index contributed by atoms with van der Waals surface area (Å²) in [6.45, 7) is 29.7. The van der Waals surface area contributed by atoms with E-state index in [0.717, 1.165) is 29.6 Å². The van der Waals surface area contributed by atoms with Gasteiger partial charge in [-0.1, -0.05) is 148 Å². The number of benzene rings is 4. The molecule has 0 aliphatic heterocycles. The van der Waals surface area contributed by atoms with E-state index < -0.39 is 0 Å². The van der Waals surface area contributed by atoms with E-state index in [4.69, 9.17) is 0 Å². The molecule has 0 saturated heterocycles. The first-order valence-electron chi connectivity index (χ1n) is 21.5. The van der Waals surface area contributed by atoms with Crippen molar-refractivity contribution in [3.63, 3.8) is 0 Å². The van der Waals surface area contributed by atoms with Crippen LogP contribution in [0.25, 0.3) is 27.5 Å². The first-order chi connectivity index (χ1) is 25.1. The van der Waals surface area contributed by atoms with E-state index in [1.54, 1.807) is 11.1 Å². The summed E-state index contributed by atoms with van der Waals surface area (Å²) in [6.07, 6.45) is 13.0. The standard InChI is InChI=1S/C48H62.2C2H6/c1-10-43(40-26-34(7)48-36(9)47-22-19-38(30(2)3)27-41(47)29-42(48)28-40)35(8)46(24-23-44-31(4)15-14-16-32(44)5)39-20-21-45(33(6)25-39)37-17-12-11-13-18-37;2*1-2/h10-13,17-18,20-21,25-26,28-32,35,38,44,46H,14-16,19,22-24,27H2,1-9H3;2*1-2H3/b43-10-;;/t31-,32+,35?,38?,44?,46-;;/m0../s1. The number of hydrogen-bond acceptors (Lipinski definition) is 0. The molecular formula is C52H74. The van der Waals surface area contributed by atoms with Crippen LogP contribution in [-0.2, 0) is 12.8 Å². The van der Waals surface area contributed by atoms with Gasteiger partial charge in [0.25, 0.3) is 0 Å². The van der Waals surface area contributed by atoms with Crippen molar-refractivity contribution in [2.45, 2.75) is 147 Å². The van der Waals surface area contributed by atoms with Crippen LogP contribution < -0.4 is 0 Å². The van der Waals surface area contributed by atoms with Crippen LogP contribution in [0.1, 0.15) is 153 Å². The predicted octanol–water partition coefficient (Wildman–Crippen LogP) is 15.9. The van der Waals surface area contributed by atoms with Gasteiger partial charge in [0.05, 0.1) is 0 Å². The minimum Gasteiger partial charge on any atom is -0.0835 e. The monoisotopic (exact) mass is 699 g/mol. The molecule has 0 aromatic heterocycles. The largest absolute Gasteiger partial charge is 0.0835 e. The van der Waals surface area contributed by atoms with Crippen LogP contribution in [0.2, 0.25) is 0 Å². The van der Waals surface area contributed by atoms with Gasteiger partial charge in [0.2, 0.25) is 0 Å². The molecule has 6 rings (SSSR count). The second kappa shape index (κ2) is 19.3. The Morgan fingerprint density at radius 3 is 2.08 bits per heavy atom. The third-order valence-corrected chi connectivity index (χ3v) is 13.2. The van der Waals surface area contributed by atoms with Crippen molar-refractivity contribution in [2.24, 2.45) is 35.5 Å². The van der Waals surface area contributed by atoms with E-state index in [-0.39, 0.29) is 0 Å². The number of fused-ring (bicyclic) bond motifs is 2. The third kappa shape index (κ3) is 9.14. The van der Waals surface area contributed by atoms with Gasteiger partial charge < -0.3 is 0 Å². The first kappa shape index (κ1) is 41.6. The van der Waals surface area contributed by atoms with Gasteiger partial charge in [0, 0.05) is 0 Å². The smallest absolute Gasteiger partial charge is 0.00954 e. The molecular weight excluding hydrogens is 625 g/mol. The van der Waals surface area contributed by atoms with Gasteiger partial charge in [-0.3, -0.25) is 0 Å². The van der Waals surface area contributed by atoms with Crippen molar-refractivity contribution < 1.29 is 0 Å². The number of hydrogen-bond donors (Lipinski definition) is 0. The van der Waals surface area contributed by atoms with Gasteiger partial charge in [-0.2, -0.15) is 0 Å². The lowest BCUT2D eigenvalue weighted by atomic mass is 9.69. The normalized spacial score (nSPS) is 21.4. The number of rotatable bonds is 9. The maximum absolute atomic E-state index is 2.58. The van der Waals surface area contributed by atoms with Crippen LogP contribution in [0.4, 0.5) is 0 Å². The fourth-order valence-electron chi connectivity index (χ4n) is 10.3. The zero-order valence-corrected chi connectivity index (χ0v) is 35.6. The average molecular weight is 699 g/mol.